The molecule has 0 saturated heterocycles. The number of rotatable bonds is 5. The third-order valence-electron chi connectivity index (χ3n) is 1.10. The predicted octanol–water partition coefficient (Wildman–Crippen LogP) is -2.82. The zero-order chi connectivity index (χ0) is 12.6. The molecule has 0 aliphatic carbocycles. The highest BCUT2D eigenvalue weighted by atomic mass is 16.7. The van der Waals surface area contributed by atoms with Crippen LogP contribution < -0.4 is 22.2 Å². The van der Waals surface area contributed by atoms with E-state index in [1.807, 2.05) is 0 Å². The fourth-order valence-electron chi connectivity index (χ4n) is 0.613. The average Bonchev–Trinajstić information content (AvgIpc) is 2.10. The predicted molar refractivity (Wildman–Crippen MR) is 53.2 cm³/mol. The van der Waals surface area contributed by atoms with Crippen molar-refractivity contribution in [2.24, 2.45) is 21.6 Å². The van der Waals surface area contributed by atoms with Crippen LogP contribution in [0.5, 0.6) is 0 Å². The normalized spacial score (nSPS) is 12.0. The summed E-state index contributed by atoms with van der Waals surface area (Å²) in [5, 5.41) is 23.0. The van der Waals surface area contributed by atoms with Crippen molar-refractivity contribution in [3.05, 3.63) is 20.2 Å². The number of nitro groups is 2. The smallest absolute Gasteiger partial charge is 0.266 e. The van der Waals surface area contributed by atoms with Crippen LogP contribution in [0.3, 0.4) is 0 Å². The summed E-state index contributed by atoms with van der Waals surface area (Å²) in [6, 6.07) is 0. The van der Waals surface area contributed by atoms with Gasteiger partial charge in [0.15, 0.2) is 10.1 Å². The molecule has 16 heavy (non-hydrogen) atoms. The molecule has 0 heterocycles. The first-order valence-electron chi connectivity index (χ1n) is 3.85. The van der Waals surface area contributed by atoms with E-state index >= 15 is 0 Å². The summed E-state index contributed by atoms with van der Waals surface area (Å²) < 4.78 is 0. The molecular formula is C4H10N8O4. The van der Waals surface area contributed by atoms with E-state index in [1.165, 1.54) is 0 Å². The molecule has 0 bridgehead atoms. The van der Waals surface area contributed by atoms with E-state index < -0.39 is 10.1 Å². The highest BCUT2D eigenvalue weighted by Gasteiger charge is 1.99. The van der Waals surface area contributed by atoms with E-state index in [-0.39, 0.29) is 25.0 Å². The zero-order valence-electron chi connectivity index (χ0n) is 7.99. The molecule has 0 rings (SSSR count). The lowest BCUT2D eigenvalue weighted by Crippen LogP contribution is -2.38. The molecule has 0 spiro atoms. The standard InChI is InChI=1S/C4H10N8O4/c5-3(9-11(13)14)7-1-2-8-4(6)10-12(15)16/h1-2H2,(H3,5,7,9)(H3,6,8,10). The molecule has 0 aliphatic rings. The molecular weight excluding hydrogens is 224 g/mol. The first-order valence-corrected chi connectivity index (χ1v) is 3.85. The Morgan fingerprint density at radius 2 is 1.88 bits per heavy atom. The molecule has 90 valence electrons. The number of hydrazine groups is 1. The third kappa shape index (κ3) is 7.96. The quantitative estimate of drug-likeness (QED) is 0.129. The monoisotopic (exact) mass is 234 g/mol. The molecule has 0 aromatic heterocycles. The van der Waals surface area contributed by atoms with E-state index in [1.54, 1.807) is 5.43 Å². The van der Waals surface area contributed by atoms with Gasteiger partial charge in [-0.25, -0.2) is 25.2 Å². The van der Waals surface area contributed by atoms with Crippen molar-refractivity contribution in [2.75, 3.05) is 13.1 Å². The maximum Gasteiger partial charge on any atom is 0.266 e. The fraction of sp³-hybridized carbons (Fsp3) is 0.500. The van der Waals surface area contributed by atoms with Crippen molar-refractivity contribution in [1.82, 2.24) is 10.7 Å². The molecule has 0 aromatic carbocycles. The number of nitrogens with two attached hydrogens (primary N) is 2. The van der Waals surface area contributed by atoms with E-state index in [0.29, 0.717) is 0 Å². The van der Waals surface area contributed by atoms with Crippen LogP contribution in [0.15, 0.2) is 10.1 Å². The van der Waals surface area contributed by atoms with Crippen LogP contribution in [0.25, 0.3) is 0 Å². The van der Waals surface area contributed by atoms with Crippen LogP contribution >= 0.6 is 0 Å². The second kappa shape index (κ2) is 6.74. The minimum Gasteiger partial charge on any atom is -0.365 e. The van der Waals surface area contributed by atoms with Gasteiger partial charge in [0, 0.05) is 6.54 Å². The van der Waals surface area contributed by atoms with Gasteiger partial charge in [-0.2, -0.15) is 0 Å². The van der Waals surface area contributed by atoms with Gasteiger partial charge >= 0.3 is 0 Å². The Bertz CT molecular complexity index is 324. The van der Waals surface area contributed by atoms with E-state index in [0.717, 1.165) is 0 Å². The molecule has 0 unspecified atom stereocenters. The molecule has 0 aliphatic heterocycles. The highest BCUT2D eigenvalue weighted by molar-refractivity contribution is 5.77. The number of nitrogens with one attached hydrogen (secondary N) is 2. The molecule has 12 heteroatoms. The van der Waals surface area contributed by atoms with Crippen LogP contribution in [0.4, 0.5) is 0 Å². The third-order valence-corrected chi connectivity index (χ3v) is 1.10. The van der Waals surface area contributed by atoms with Gasteiger partial charge < -0.3 is 16.8 Å². The Morgan fingerprint density at radius 1 is 1.25 bits per heavy atom. The minimum absolute atomic E-state index is 0.0423. The molecule has 0 amide bonds. The molecule has 0 fully saturated rings. The Kier molecular flexibility index (Phi) is 5.62. The van der Waals surface area contributed by atoms with Gasteiger partial charge in [0.1, 0.15) is 5.10 Å². The maximum absolute atomic E-state index is 9.88. The molecule has 0 atom stereocenters. The first-order chi connectivity index (χ1) is 7.41. The maximum atomic E-state index is 9.88. The van der Waals surface area contributed by atoms with E-state index in [9.17, 15) is 20.2 Å². The molecule has 0 aromatic rings. The average molecular weight is 234 g/mol. The number of nitrogens with zero attached hydrogens (tertiary/aromatic N) is 4. The van der Waals surface area contributed by atoms with Gasteiger partial charge in [0.2, 0.25) is 0 Å². The van der Waals surface area contributed by atoms with Crippen molar-refractivity contribution in [2.45, 2.75) is 0 Å². The summed E-state index contributed by atoms with van der Waals surface area (Å²) in [7, 11) is 0. The van der Waals surface area contributed by atoms with Crippen LogP contribution in [-0.4, -0.2) is 35.1 Å². The largest absolute Gasteiger partial charge is 0.365 e. The van der Waals surface area contributed by atoms with Gasteiger partial charge in [-0.15, -0.1) is 0 Å². The van der Waals surface area contributed by atoms with Crippen molar-refractivity contribution >= 4 is 11.9 Å². The summed E-state index contributed by atoms with van der Waals surface area (Å²) in [6.45, 7) is 0.143. The summed E-state index contributed by atoms with van der Waals surface area (Å²) in [6.07, 6.45) is 0. The van der Waals surface area contributed by atoms with Gasteiger partial charge in [0.25, 0.3) is 11.9 Å². The van der Waals surface area contributed by atoms with Crippen LogP contribution in [0, 0.1) is 20.2 Å². The number of guanidine groups is 2. The molecule has 12 nitrogen and oxygen atoms in total. The molecule has 6 N–H and O–H groups in total. The van der Waals surface area contributed by atoms with Crippen LogP contribution in [0.2, 0.25) is 0 Å². The topological polar surface area (TPSA) is 187 Å². The van der Waals surface area contributed by atoms with Gasteiger partial charge in [0.05, 0.1) is 6.54 Å². The Morgan fingerprint density at radius 3 is 2.38 bits per heavy atom. The van der Waals surface area contributed by atoms with Crippen LogP contribution in [0.1, 0.15) is 0 Å². The SMILES string of the molecule is NC(=NCCN/C(N)=N/[N+](=O)[O-])N[N+](=O)[O-]. The van der Waals surface area contributed by atoms with Crippen molar-refractivity contribution < 1.29 is 10.1 Å². The van der Waals surface area contributed by atoms with Gasteiger partial charge in [-0.1, -0.05) is 5.43 Å². The Hall–Kier alpha value is -2.66. The molecule has 0 saturated carbocycles. The fourth-order valence-corrected chi connectivity index (χ4v) is 0.613. The lowest BCUT2D eigenvalue weighted by Gasteiger charge is -1.99. The number of hydrogen-bond donors (Lipinski definition) is 4. The van der Waals surface area contributed by atoms with Crippen molar-refractivity contribution in [3.8, 4) is 0 Å². The van der Waals surface area contributed by atoms with Crippen molar-refractivity contribution in [1.29, 1.82) is 0 Å². The number of hydrogen-bond acceptors (Lipinski definition) is 5. The second-order valence-corrected chi connectivity index (χ2v) is 2.29. The summed E-state index contributed by atoms with van der Waals surface area (Å²) >= 11 is 0. The summed E-state index contributed by atoms with van der Waals surface area (Å²) in [4.78, 5) is 23.2. The van der Waals surface area contributed by atoms with Crippen molar-refractivity contribution in [3.63, 3.8) is 0 Å². The number of aliphatic imine (C=N–C) groups is 1. The Balaban J connectivity index is 3.83. The van der Waals surface area contributed by atoms with E-state index in [2.05, 4.69) is 15.4 Å². The molecule has 0 radical (unpaired) electrons. The summed E-state index contributed by atoms with van der Waals surface area (Å²) in [5.41, 5.74) is 11.8. The lowest BCUT2D eigenvalue weighted by molar-refractivity contribution is -0.525. The van der Waals surface area contributed by atoms with Gasteiger partial charge in [-0.05, 0) is 0 Å². The summed E-state index contributed by atoms with van der Waals surface area (Å²) in [5.74, 6) is -0.766. The minimum atomic E-state index is -0.964. The first kappa shape index (κ1) is 13.3. The zero-order valence-corrected chi connectivity index (χ0v) is 7.99. The van der Waals surface area contributed by atoms with Gasteiger partial charge in [-0.3, -0.25) is 0 Å². The van der Waals surface area contributed by atoms with Crippen LogP contribution in [-0.2, 0) is 0 Å². The Labute approximate surface area is 88.7 Å². The number of hydrazone groups is 1. The highest BCUT2D eigenvalue weighted by Crippen LogP contribution is 1.71. The second-order valence-electron chi connectivity index (χ2n) is 2.29. The van der Waals surface area contributed by atoms with E-state index in [4.69, 9.17) is 11.5 Å². The lowest BCUT2D eigenvalue weighted by atomic mass is 10.6.